The Kier molecular flexibility index (Phi) is 6.75. The molecule has 2 aromatic rings. The molecule has 0 aliphatic carbocycles. The molecule has 1 aliphatic rings. The number of hydrogen-bond donors (Lipinski definition) is 1. The van der Waals surface area contributed by atoms with E-state index in [-0.39, 0.29) is 24.3 Å². The molecular formula is C21H25ClFN3O2. The van der Waals surface area contributed by atoms with Gasteiger partial charge < -0.3 is 15.0 Å². The summed E-state index contributed by atoms with van der Waals surface area (Å²) in [5.74, 6) is 0.380. The molecule has 1 heterocycles. The second-order valence-corrected chi connectivity index (χ2v) is 7.26. The van der Waals surface area contributed by atoms with Crippen molar-refractivity contribution in [2.24, 2.45) is 0 Å². The van der Waals surface area contributed by atoms with Gasteiger partial charge in [-0.2, -0.15) is 0 Å². The molecule has 3 rings (SSSR count). The molecule has 0 bridgehead atoms. The maximum Gasteiger partial charge on any atom is 0.237 e. The number of piperazine rings is 1. The zero-order valence-corrected chi connectivity index (χ0v) is 16.9. The van der Waals surface area contributed by atoms with E-state index >= 15 is 0 Å². The third-order valence-corrected chi connectivity index (χ3v) is 5.37. The van der Waals surface area contributed by atoms with Gasteiger partial charge in [0.2, 0.25) is 5.91 Å². The number of hydrogen-bond acceptors (Lipinski definition) is 4. The average Bonchev–Trinajstić information content (AvgIpc) is 2.72. The zero-order chi connectivity index (χ0) is 20.1. The number of anilines is 1. The molecule has 1 aliphatic heterocycles. The molecule has 150 valence electrons. The lowest BCUT2D eigenvalue weighted by Crippen LogP contribution is -2.54. The minimum atomic E-state index is -0.306. The Morgan fingerprint density at radius 1 is 1.21 bits per heavy atom. The van der Waals surface area contributed by atoms with Crippen LogP contribution in [-0.2, 0) is 11.3 Å². The minimum absolute atomic E-state index is 0.1000. The summed E-state index contributed by atoms with van der Waals surface area (Å²) < 4.78 is 19.1. The number of halogens is 2. The third kappa shape index (κ3) is 4.75. The highest BCUT2D eigenvalue weighted by atomic mass is 35.5. The lowest BCUT2D eigenvalue weighted by atomic mass is 10.1. The van der Waals surface area contributed by atoms with Crippen LogP contribution in [0.15, 0.2) is 42.5 Å². The van der Waals surface area contributed by atoms with Crippen molar-refractivity contribution >= 4 is 23.2 Å². The number of rotatable bonds is 6. The van der Waals surface area contributed by atoms with Gasteiger partial charge in [0.15, 0.2) is 0 Å². The largest absolute Gasteiger partial charge is 0.495 e. The first kappa shape index (κ1) is 20.4. The molecule has 0 aromatic heterocycles. The summed E-state index contributed by atoms with van der Waals surface area (Å²) >= 11 is 6.14. The molecule has 1 N–H and O–H groups in total. The van der Waals surface area contributed by atoms with Crippen molar-refractivity contribution in [3.8, 4) is 5.75 Å². The van der Waals surface area contributed by atoms with Gasteiger partial charge in [0, 0.05) is 43.3 Å². The SMILES string of the molecule is COc1ccc(Cl)cc1N1CCN(C(C)C(=O)NCc2ccccc2F)CC1. The number of methoxy groups -OCH3 is 1. The van der Waals surface area contributed by atoms with E-state index in [0.717, 1.165) is 37.6 Å². The Labute approximate surface area is 170 Å². The predicted octanol–water partition coefficient (Wildman–Crippen LogP) is 3.31. The van der Waals surface area contributed by atoms with Crippen LogP contribution in [0.25, 0.3) is 0 Å². The summed E-state index contributed by atoms with van der Waals surface area (Å²) in [7, 11) is 1.64. The van der Waals surface area contributed by atoms with Gasteiger partial charge in [-0.15, -0.1) is 0 Å². The Hall–Kier alpha value is -2.31. The van der Waals surface area contributed by atoms with E-state index in [1.807, 2.05) is 25.1 Å². The first-order valence-corrected chi connectivity index (χ1v) is 9.71. The summed E-state index contributed by atoms with van der Waals surface area (Å²) in [6.45, 7) is 5.08. The van der Waals surface area contributed by atoms with E-state index in [0.29, 0.717) is 10.6 Å². The van der Waals surface area contributed by atoms with E-state index in [4.69, 9.17) is 16.3 Å². The molecule has 1 fully saturated rings. The van der Waals surface area contributed by atoms with E-state index in [1.165, 1.54) is 6.07 Å². The minimum Gasteiger partial charge on any atom is -0.495 e. The summed E-state index contributed by atoms with van der Waals surface area (Å²) in [6, 6.07) is 11.8. The van der Waals surface area contributed by atoms with Crippen LogP contribution in [0.5, 0.6) is 5.75 Å². The third-order valence-electron chi connectivity index (χ3n) is 5.13. The Morgan fingerprint density at radius 3 is 2.61 bits per heavy atom. The first-order chi connectivity index (χ1) is 13.5. The molecular weight excluding hydrogens is 381 g/mol. The molecule has 5 nitrogen and oxygen atoms in total. The van der Waals surface area contributed by atoms with Gasteiger partial charge in [-0.3, -0.25) is 9.69 Å². The molecule has 1 unspecified atom stereocenters. The van der Waals surface area contributed by atoms with Crippen LogP contribution in [0.2, 0.25) is 5.02 Å². The molecule has 0 saturated carbocycles. The number of ether oxygens (including phenoxy) is 1. The van der Waals surface area contributed by atoms with E-state index < -0.39 is 0 Å². The quantitative estimate of drug-likeness (QED) is 0.800. The average molecular weight is 406 g/mol. The highest BCUT2D eigenvalue weighted by Crippen LogP contribution is 2.32. The summed E-state index contributed by atoms with van der Waals surface area (Å²) in [5.41, 5.74) is 1.45. The highest BCUT2D eigenvalue weighted by molar-refractivity contribution is 6.30. The maximum absolute atomic E-state index is 13.7. The van der Waals surface area contributed by atoms with Crippen LogP contribution in [0.4, 0.5) is 10.1 Å². The van der Waals surface area contributed by atoms with Crippen LogP contribution in [0, 0.1) is 5.82 Å². The van der Waals surface area contributed by atoms with Crippen molar-refractivity contribution in [3.05, 3.63) is 58.9 Å². The Morgan fingerprint density at radius 2 is 1.93 bits per heavy atom. The lowest BCUT2D eigenvalue weighted by Gasteiger charge is -2.39. The van der Waals surface area contributed by atoms with Gasteiger partial charge in [0.05, 0.1) is 18.8 Å². The van der Waals surface area contributed by atoms with Gasteiger partial charge >= 0.3 is 0 Å². The van der Waals surface area contributed by atoms with Crippen molar-refractivity contribution in [3.63, 3.8) is 0 Å². The Bertz CT molecular complexity index is 825. The van der Waals surface area contributed by atoms with E-state index in [9.17, 15) is 9.18 Å². The number of nitrogens with one attached hydrogen (secondary N) is 1. The van der Waals surface area contributed by atoms with Crippen LogP contribution in [-0.4, -0.2) is 50.1 Å². The van der Waals surface area contributed by atoms with E-state index in [1.54, 1.807) is 25.3 Å². The van der Waals surface area contributed by atoms with Crippen molar-refractivity contribution in [2.75, 3.05) is 38.2 Å². The van der Waals surface area contributed by atoms with Gasteiger partial charge in [-0.05, 0) is 31.2 Å². The molecule has 1 atom stereocenters. The molecule has 1 amide bonds. The van der Waals surface area contributed by atoms with Crippen LogP contribution < -0.4 is 15.0 Å². The topological polar surface area (TPSA) is 44.8 Å². The van der Waals surface area contributed by atoms with Crippen LogP contribution in [0.1, 0.15) is 12.5 Å². The van der Waals surface area contributed by atoms with Crippen molar-refractivity contribution in [1.82, 2.24) is 10.2 Å². The monoisotopic (exact) mass is 405 g/mol. The summed E-state index contributed by atoms with van der Waals surface area (Å²) in [5, 5.41) is 3.50. The normalized spacial score (nSPS) is 15.9. The smallest absolute Gasteiger partial charge is 0.237 e. The molecule has 2 aromatic carbocycles. The van der Waals surface area contributed by atoms with Crippen molar-refractivity contribution in [1.29, 1.82) is 0 Å². The second-order valence-electron chi connectivity index (χ2n) is 6.82. The van der Waals surface area contributed by atoms with E-state index in [2.05, 4.69) is 15.1 Å². The van der Waals surface area contributed by atoms with Crippen LogP contribution >= 0.6 is 11.6 Å². The Balaban J connectivity index is 1.55. The number of benzene rings is 2. The first-order valence-electron chi connectivity index (χ1n) is 9.33. The lowest BCUT2D eigenvalue weighted by molar-refractivity contribution is -0.126. The van der Waals surface area contributed by atoms with Gasteiger partial charge in [0.1, 0.15) is 11.6 Å². The molecule has 1 saturated heterocycles. The van der Waals surface area contributed by atoms with Crippen molar-refractivity contribution < 1.29 is 13.9 Å². The molecule has 0 spiro atoms. The fourth-order valence-corrected chi connectivity index (χ4v) is 3.56. The van der Waals surface area contributed by atoms with Crippen LogP contribution in [0.3, 0.4) is 0 Å². The standard InChI is InChI=1S/C21H25ClFN3O2/c1-15(21(27)24-14-16-5-3-4-6-18(16)23)25-9-11-26(12-10-25)19-13-17(22)7-8-20(19)28-2/h3-8,13,15H,9-12,14H2,1-2H3,(H,24,27). The zero-order valence-electron chi connectivity index (χ0n) is 16.1. The second kappa shape index (κ2) is 9.26. The number of carbonyl (C=O) groups excluding carboxylic acids is 1. The van der Waals surface area contributed by atoms with Gasteiger partial charge in [0.25, 0.3) is 0 Å². The predicted molar refractivity (Wildman–Crippen MR) is 109 cm³/mol. The number of nitrogens with zero attached hydrogens (tertiary/aromatic N) is 2. The molecule has 0 radical (unpaired) electrons. The fourth-order valence-electron chi connectivity index (χ4n) is 3.40. The number of amides is 1. The van der Waals surface area contributed by atoms with Crippen molar-refractivity contribution in [2.45, 2.75) is 19.5 Å². The fraction of sp³-hybridized carbons (Fsp3) is 0.381. The molecule has 7 heteroatoms. The highest BCUT2D eigenvalue weighted by Gasteiger charge is 2.26. The summed E-state index contributed by atoms with van der Waals surface area (Å²) in [6.07, 6.45) is 0. The van der Waals surface area contributed by atoms with Gasteiger partial charge in [-0.25, -0.2) is 4.39 Å². The number of carbonyl (C=O) groups is 1. The molecule has 28 heavy (non-hydrogen) atoms. The maximum atomic E-state index is 13.7. The summed E-state index contributed by atoms with van der Waals surface area (Å²) in [4.78, 5) is 16.8. The van der Waals surface area contributed by atoms with Gasteiger partial charge in [-0.1, -0.05) is 29.8 Å².